The van der Waals surface area contributed by atoms with Crippen molar-refractivity contribution in [3.8, 4) is 0 Å². The minimum Gasteiger partial charge on any atom is -0.465 e. The Morgan fingerprint density at radius 3 is 2.61 bits per heavy atom. The second-order valence-electron chi connectivity index (χ2n) is 4.83. The van der Waals surface area contributed by atoms with Crippen LogP contribution >= 0.6 is 0 Å². The zero-order valence-corrected chi connectivity index (χ0v) is 10.9. The summed E-state index contributed by atoms with van der Waals surface area (Å²) in [6.07, 6.45) is 4.02. The summed E-state index contributed by atoms with van der Waals surface area (Å²) in [5.41, 5.74) is 2.80. The molecule has 1 aromatic rings. The summed E-state index contributed by atoms with van der Waals surface area (Å²) >= 11 is 0. The summed E-state index contributed by atoms with van der Waals surface area (Å²) in [6.45, 7) is 2.95. The molecule has 0 amide bonds. The van der Waals surface area contributed by atoms with Gasteiger partial charge >= 0.3 is 5.97 Å². The van der Waals surface area contributed by atoms with E-state index >= 15 is 0 Å². The maximum Gasteiger partial charge on any atom is 0.319 e. The van der Waals surface area contributed by atoms with E-state index in [2.05, 4.69) is 36.5 Å². The van der Waals surface area contributed by atoms with Crippen molar-refractivity contribution in [1.29, 1.82) is 0 Å². The third-order valence-corrected chi connectivity index (χ3v) is 3.35. The van der Waals surface area contributed by atoms with Gasteiger partial charge in [-0.05, 0) is 30.4 Å². The first kappa shape index (κ1) is 13.1. The van der Waals surface area contributed by atoms with Crippen LogP contribution in [0, 0.1) is 0 Å². The van der Waals surface area contributed by atoms with Crippen molar-refractivity contribution < 1.29 is 9.53 Å². The molecule has 1 aromatic carbocycles. The minimum absolute atomic E-state index is 0.139. The second kappa shape index (κ2) is 6.55. The molecule has 0 radical (unpaired) electrons. The molecular formula is C15H21NO2. The summed E-state index contributed by atoms with van der Waals surface area (Å²) in [4.78, 5) is 11.5. The number of unbranched alkanes of at least 4 members (excludes halogenated alkanes) is 1. The van der Waals surface area contributed by atoms with Gasteiger partial charge in [-0.2, -0.15) is 0 Å². The van der Waals surface area contributed by atoms with E-state index in [0.717, 1.165) is 25.7 Å². The van der Waals surface area contributed by atoms with E-state index in [4.69, 9.17) is 4.74 Å². The lowest BCUT2D eigenvalue weighted by atomic mass is 10.1. The molecule has 18 heavy (non-hydrogen) atoms. The summed E-state index contributed by atoms with van der Waals surface area (Å²) in [7, 11) is 0. The molecule has 2 rings (SSSR count). The first-order chi connectivity index (χ1) is 8.79. The molecule has 0 aliphatic heterocycles. The average molecular weight is 247 g/mol. The van der Waals surface area contributed by atoms with E-state index in [-0.39, 0.29) is 5.97 Å². The van der Waals surface area contributed by atoms with E-state index in [1.807, 2.05) is 0 Å². The van der Waals surface area contributed by atoms with E-state index in [1.165, 1.54) is 11.1 Å². The molecule has 0 spiro atoms. The smallest absolute Gasteiger partial charge is 0.319 e. The van der Waals surface area contributed by atoms with Crippen molar-refractivity contribution in [1.82, 2.24) is 5.32 Å². The quantitative estimate of drug-likeness (QED) is 0.618. The molecule has 1 aliphatic rings. The van der Waals surface area contributed by atoms with Crippen molar-refractivity contribution in [2.75, 3.05) is 13.2 Å². The van der Waals surface area contributed by atoms with Gasteiger partial charge in [0.05, 0.1) is 13.2 Å². The molecule has 0 saturated carbocycles. The maximum atomic E-state index is 11.5. The Kier molecular flexibility index (Phi) is 4.76. The zero-order valence-electron chi connectivity index (χ0n) is 10.9. The van der Waals surface area contributed by atoms with Crippen LogP contribution < -0.4 is 5.32 Å². The molecule has 98 valence electrons. The average Bonchev–Trinajstić information content (AvgIpc) is 2.79. The normalized spacial score (nSPS) is 14.5. The number of carbonyl (C=O) groups excluding carboxylic acids is 1. The van der Waals surface area contributed by atoms with Crippen LogP contribution in [0.3, 0.4) is 0 Å². The van der Waals surface area contributed by atoms with Gasteiger partial charge in [-0.1, -0.05) is 37.6 Å². The summed E-state index contributed by atoms with van der Waals surface area (Å²) in [5.74, 6) is -0.139. The van der Waals surface area contributed by atoms with Crippen molar-refractivity contribution in [2.45, 2.75) is 38.6 Å². The molecular weight excluding hydrogens is 226 g/mol. The lowest BCUT2D eigenvalue weighted by molar-refractivity contribution is -0.142. The number of hydrogen-bond donors (Lipinski definition) is 1. The Balaban J connectivity index is 1.69. The Morgan fingerprint density at radius 1 is 1.33 bits per heavy atom. The minimum atomic E-state index is -0.139. The van der Waals surface area contributed by atoms with E-state index < -0.39 is 0 Å². The molecule has 1 aliphatic carbocycles. The Bertz CT molecular complexity index is 378. The monoisotopic (exact) mass is 247 g/mol. The number of ether oxygens (including phenoxy) is 1. The fourth-order valence-electron chi connectivity index (χ4n) is 2.31. The van der Waals surface area contributed by atoms with Crippen molar-refractivity contribution in [2.24, 2.45) is 0 Å². The van der Waals surface area contributed by atoms with Gasteiger partial charge in [0.25, 0.3) is 0 Å². The van der Waals surface area contributed by atoms with Crippen LogP contribution in [0.15, 0.2) is 24.3 Å². The number of carbonyl (C=O) groups is 1. The standard InChI is InChI=1S/C15H21NO2/c1-2-3-8-18-15(17)11-16-14-9-12-6-4-5-7-13(12)10-14/h4-7,14,16H,2-3,8-11H2,1H3. The van der Waals surface area contributed by atoms with Gasteiger partial charge in [-0.3, -0.25) is 4.79 Å². The maximum absolute atomic E-state index is 11.5. The Hall–Kier alpha value is -1.35. The topological polar surface area (TPSA) is 38.3 Å². The van der Waals surface area contributed by atoms with E-state index in [0.29, 0.717) is 19.2 Å². The predicted molar refractivity (Wildman–Crippen MR) is 71.5 cm³/mol. The molecule has 0 unspecified atom stereocenters. The highest BCUT2D eigenvalue weighted by atomic mass is 16.5. The van der Waals surface area contributed by atoms with Crippen LogP contribution in [0.25, 0.3) is 0 Å². The van der Waals surface area contributed by atoms with Gasteiger partial charge in [-0.25, -0.2) is 0 Å². The number of fused-ring (bicyclic) bond motifs is 1. The highest BCUT2D eigenvalue weighted by molar-refractivity contribution is 5.71. The molecule has 0 heterocycles. The van der Waals surface area contributed by atoms with Crippen molar-refractivity contribution in [3.63, 3.8) is 0 Å². The lowest BCUT2D eigenvalue weighted by Crippen LogP contribution is -2.35. The van der Waals surface area contributed by atoms with Crippen LogP contribution in [-0.2, 0) is 22.4 Å². The first-order valence-corrected chi connectivity index (χ1v) is 6.75. The van der Waals surface area contributed by atoms with Gasteiger partial charge < -0.3 is 10.1 Å². The highest BCUT2D eigenvalue weighted by Gasteiger charge is 2.20. The fraction of sp³-hybridized carbons (Fsp3) is 0.533. The molecule has 0 saturated heterocycles. The van der Waals surface area contributed by atoms with Gasteiger partial charge in [0.15, 0.2) is 0 Å². The number of hydrogen-bond acceptors (Lipinski definition) is 3. The van der Waals surface area contributed by atoms with Crippen LogP contribution in [0.1, 0.15) is 30.9 Å². The van der Waals surface area contributed by atoms with Crippen LogP contribution in [-0.4, -0.2) is 25.2 Å². The third kappa shape index (κ3) is 3.57. The first-order valence-electron chi connectivity index (χ1n) is 6.75. The zero-order chi connectivity index (χ0) is 12.8. The van der Waals surface area contributed by atoms with Gasteiger partial charge in [0.1, 0.15) is 0 Å². The number of rotatable bonds is 6. The van der Waals surface area contributed by atoms with Crippen molar-refractivity contribution in [3.05, 3.63) is 35.4 Å². The molecule has 0 aromatic heterocycles. The van der Waals surface area contributed by atoms with Crippen LogP contribution in [0.2, 0.25) is 0 Å². The van der Waals surface area contributed by atoms with Gasteiger partial charge in [-0.15, -0.1) is 0 Å². The molecule has 0 atom stereocenters. The SMILES string of the molecule is CCCCOC(=O)CNC1Cc2ccccc2C1. The van der Waals surface area contributed by atoms with Crippen LogP contribution in [0.5, 0.6) is 0 Å². The van der Waals surface area contributed by atoms with Crippen LogP contribution in [0.4, 0.5) is 0 Å². The number of esters is 1. The molecule has 3 nitrogen and oxygen atoms in total. The van der Waals surface area contributed by atoms with Crippen molar-refractivity contribution >= 4 is 5.97 Å². The Morgan fingerprint density at radius 2 is 2.00 bits per heavy atom. The molecule has 3 heteroatoms. The number of benzene rings is 1. The molecule has 0 bridgehead atoms. The predicted octanol–water partition coefficient (Wildman–Crippen LogP) is 2.09. The van der Waals surface area contributed by atoms with E-state index in [1.54, 1.807) is 0 Å². The highest BCUT2D eigenvalue weighted by Crippen LogP contribution is 2.21. The summed E-state index contributed by atoms with van der Waals surface area (Å²) < 4.78 is 5.12. The van der Waals surface area contributed by atoms with E-state index in [9.17, 15) is 4.79 Å². The van der Waals surface area contributed by atoms with Gasteiger partial charge in [0.2, 0.25) is 0 Å². The largest absolute Gasteiger partial charge is 0.465 e. The Labute approximate surface area is 109 Å². The third-order valence-electron chi connectivity index (χ3n) is 3.35. The summed E-state index contributed by atoms with van der Waals surface area (Å²) in [6, 6.07) is 8.84. The van der Waals surface area contributed by atoms with Gasteiger partial charge in [0, 0.05) is 6.04 Å². The molecule has 0 fully saturated rings. The number of nitrogens with one attached hydrogen (secondary N) is 1. The molecule has 1 N–H and O–H groups in total. The fourth-order valence-corrected chi connectivity index (χ4v) is 2.31. The summed E-state index contributed by atoms with van der Waals surface area (Å²) in [5, 5.41) is 3.28. The second-order valence-corrected chi connectivity index (χ2v) is 4.83. The lowest BCUT2D eigenvalue weighted by Gasteiger charge is -2.11.